The second-order valence-electron chi connectivity index (χ2n) is 2.24. The Balaban J connectivity index is 3.21. The van der Waals surface area contributed by atoms with Gasteiger partial charge < -0.3 is 5.11 Å². The van der Waals surface area contributed by atoms with Gasteiger partial charge in [0.2, 0.25) is 0 Å². The van der Waals surface area contributed by atoms with Crippen LogP contribution in [0, 0.1) is 11.8 Å². The van der Waals surface area contributed by atoms with Crippen molar-refractivity contribution in [2.24, 2.45) is 0 Å². The van der Waals surface area contributed by atoms with Crippen LogP contribution >= 0.6 is 0 Å². The molecule has 58 valence electrons. The molecule has 0 aromatic heterocycles. The molecule has 0 aromatic carbocycles. The molecule has 1 N–H and O–H groups in total. The summed E-state index contributed by atoms with van der Waals surface area (Å²) >= 11 is 0. The zero-order valence-electron chi connectivity index (χ0n) is 6.72. The predicted molar refractivity (Wildman–Crippen MR) is 42.6 cm³/mol. The van der Waals surface area contributed by atoms with E-state index in [9.17, 15) is 0 Å². The summed E-state index contributed by atoms with van der Waals surface area (Å²) in [5.41, 5.74) is 0. The van der Waals surface area contributed by atoms with E-state index in [4.69, 9.17) is 5.11 Å². The average Bonchev–Trinajstić information content (AvgIpc) is 1.97. The van der Waals surface area contributed by atoms with Crippen LogP contribution in [0.25, 0.3) is 0 Å². The van der Waals surface area contributed by atoms with Gasteiger partial charge in [0.05, 0.1) is 6.54 Å². The number of nitrogens with zero attached hydrogens (tertiary/aromatic N) is 1. The molecule has 0 aliphatic carbocycles. The van der Waals surface area contributed by atoms with E-state index in [0.29, 0.717) is 0 Å². The van der Waals surface area contributed by atoms with Crippen molar-refractivity contribution in [3.63, 3.8) is 0 Å². The Kier molecular flexibility index (Phi) is 6.25. The van der Waals surface area contributed by atoms with Gasteiger partial charge in [0.15, 0.2) is 0 Å². The normalized spacial score (nSPS) is 9.20. The van der Waals surface area contributed by atoms with Gasteiger partial charge in [-0.2, -0.15) is 0 Å². The number of hydrogen-bond acceptors (Lipinski definition) is 2. The summed E-state index contributed by atoms with van der Waals surface area (Å²) in [5, 5.41) is 8.48. The first-order valence-electron chi connectivity index (χ1n) is 3.50. The van der Waals surface area contributed by atoms with Crippen LogP contribution in [0.1, 0.15) is 13.3 Å². The first kappa shape index (κ1) is 9.48. The maximum atomic E-state index is 8.48. The van der Waals surface area contributed by atoms with Crippen molar-refractivity contribution in [3.8, 4) is 11.8 Å². The van der Waals surface area contributed by atoms with Crippen LogP contribution in [0.15, 0.2) is 0 Å². The molecule has 0 saturated carbocycles. The zero-order valence-corrected chi connectivity index (χ0v) is 6.72. The molecule has 2 nitrogen and oxygen atoms in total. The molecule has 0 atom stereocenters. The highest BCUT2D eigenvalue weighted by atomic mass is 16.3. The highest BCUT2D eigenvalue weighted by Gasteiger charge is 1.92. The summed E-state index contributed by atoms with van der Waals surface area (Å²) in [4.78, 5) is 2.09. The molecule has 0 rings (SSSR count). The minimum Gasteiger partial charge on any atom is -0.396 e. The molecule has 0 amide bonds. The van der Waals surface area contributed by atoms with Gasteiger partial charge in [-0.15, -0.1) is 5.92 Å². The van der Waals surface area contributed by atoms with Crippen molar-refractivity contribution >= 4 is 0 Å². The molecule has 0 radical (unpaired) electrons. The van der Waals surface area contributed by atoms with Crippen molar-refractivity contribution in [1.82, 2.24) is 4.90 Å². The third-order valence-corrected chi connectivity index (χ3v) is 1.22. The monoisotopic (exact) mass is 141 g/mol. The van der Waals surface area contributed by atoms with Crippen molar-refractivity contribution in [1.29, 1.82) is 0 Å². The van der Waals surface area contributed by atoms with Gasteiger partial charge in [0, 0.05) is 13.2 Å². The second-order valence-corrected chi connectivity index (χ2v) is 2.24. The Morgan fingerprint density at radius 2 is 2.20 bits per heavy atom. The molecule has 10 heavy (non-hydrogen) atoms. The van der Waals surface area contributed by atoms with Crippen molar-refractivity contribution in [3.05, 3.63) is 0 Å². The number of hydrogen-bond donors (Lipinski definition) is 1. The highest BCUT2D eigenvalue weighted by molar-refractivity contribution is 4.97. The van der Waals surface area contributed by atoms with Gasteiger partial charge in [-0.05, 0) is 20.4 Å². The van der Waals surface area contributed by atoms with Gasteiger partial charge >= 0.3 is 0 Å². The molecular formula is C8H15NO. The third-order valence-electron chi connectivity index (χ3n) is 1.22. The van der Waals surface area contributed by atoms with Crippen molar-refractivity contribution in [2.45, 2.75) is 13.3 Å². The number of aliphatic hydroxyl groups is 1. The minimum atomic E-state index is 0.268. The van der Waals surface area contributed by atoms with Crippen LogP contribution in [0.2, 0.25) is 0 Å². The summed E-state index contributed by atoms with van der Waals surface area (Å²) in [5.74, 6) is 5.77. The topological polar surface area (TPSA) is 23.5 Å². The molecule has 0 bridgehead atoms. The SMILES string of the molecule is CC#CCN(C)CCCO. The van der Waals surface area contributed by atoms with Gasteiger partial charge in [0.25, 0.3) is 0 Å². The summed E-state index contributed by atoms with van der Waals surface area (Å²) in [6.07, 6.45) is 0.835. The Morgan fingerprint density at radius 3 is 2.70 bits per heavy atom. The lowest BCUT2D eigenvalue weighted by Crippen LogP contribution is -2.20. The fourth-order valence-corrected chi connectivity index (χ4v) is 0.634. The smallest absolute Gasteiger partial charge is 0.0598 e. The summed E-state index contributed by atoms with van der Waals surface area (Å²) in [7, 11) is 2.00. The number of rotatable bonds is 4. The van der Waals surface area contributed by atoms with E-state index >= 15 is 0 Å². The quantitative estimate of drug-likeness (QED) is 0.570. The number of aliphatic hydroxyl groups excluding tert-OH is 1. The van der Waals surface area contributed by atoms with Crippen LogP contribution in [-0.2, 0) is 0 Å². The minimum absolute atomic E-state index is 0.268. The van der Waals surface area contributed by atoms with Crippen LogP contribution in [0.5, 0.6) is 0 Å². The standard InChI is InChI=1S/C8H15NO/c1-3-4-6-9(2)7-5-8-10/h10H,5-8H2,1-2H3. The van der Waals surface area contributed by atoms with Crippen LogP contribution < -0.4 is 0 Å². The maximum Gasteiger partial charge on any atom is 0.0598 e. The summed E-state index contributed by atoms with van der Waals surface area (Å²) < 4.78 is 0. The Hall–Kier alpha value is -0.520. The molecule has 0 fully saturated rings. The maximum absolute atomic E-state index is 8.48. The zero-order chi connectivity index (χ0) is 7.82. The van der Waals surface area contributed by atoms with Crippen molar-refractivity contribution < 1.29 is 5.11 Å². The summed E-state index contributed by atoms with van der Waals surface area (Å²) in [6.45, 7) is 3.82. The van der Waals surface area contributed by atoms with Crippen LogP contribution in [0.4, 0.5) is 0 Å². The first-order valence-corrected chi connectivity index (χ1v) is 3.50. The Bertz CT molecular complexity index is 123. The summed E-state index contributed by atoms with van der Waals surface area (Å²) in [6, 6.07) is 0. The van der Waals surface area contributed by atoms with E-state index < -0.39 is 0 Å². The van der Waals surface area contributed by atoms with E-state index in [1.54, 1.807) is 0 Å². The van der Waals surface area contributed by atoms with E-state index in [2.05, 4.69) is 16.7 Å². The van der Waals surface area contributed by atoms with Gasteiger partial charge in [-0.1, -0.05) is 5.92 Å². The Morgan fingerprint density at radius 1 is 1.50 bits per heavy atom. The molecule has 0 aliphatic rings. The Labute approximate surface area is 62.8 Å². The first-order chi connectivity index (χ1) is 4.81. The lowest BCUT2D eigenvalue weighted by Gasteiger charge is -2.10. The fraction of sp³-hybridized carbons (Fsp3) is 0.750. The molecule has 0 saturated heterocycles. The van der Waals surface area contributed by atoms with Gasteiger partial charge in [0.1, 0.15) is 0 Å². The van der Waals surface area contributed by atoms with Crippen LogP contribution in [0.3, 0.4) is 0 Å². The van der Waals surface area contributed by atoms with Gasteiger partial charge in [-0.3, -0.25) is 4.90 Å². The lowest BCUT2D eigenvalue weighted by atomic mass is 10.4. The average molecular weight is 141 g/mol. The van der Waals surface area contributed by atoms with Crippen LogP contribution in [-0.4, -0.2) is 36.8 Å². The van der Waals surface area contributed by atoms with Gasteiger partial charge in [-0.25, -0.2) is 0 Å². The van der Waals surface area contributed by atoms with E-state index in [1.165, 1.54) is 0 Å². The van der Waals surface area contributed by atoms with E-state index in [0.717, 1.165) is 19.5 Å². The largest absolute Gasteiger partial charge is 0.396 e. The third kappa shape index (κ3) is 5.61. The molecule has 0 aromatic rings. The molecule has 0 heterocycles. The van der Waals surface area contributed by atoms with E-state index in [1.807, 2.05) is 14.0 Å². The molecule has 0 unspecified atom stereocenters. The molecule has 0 spiro atoms. The molecule has 0 aliphatic heterocycles. The van der Waals surface area contributed by atoms with E-state index in [-0.39, 0.29) is 6.61 Å². The second kappa shape index (κ2) is 6.60. The van der Waals surface area contributed by atoms with Crippen molar-refractivity contribution in [2.75, 3.05) is 26.7 Å². The highest BCUT2D eigenvalue weighted by Crippen LogP contribution is 1.83. The molecular weight excluding hydrogens is 126 g/mol. The lowest BCUT2D eigenvalue weighted by molar-refractivity contribution is 0.257. The molecule has 2 heteroatoms. The predicted octanol–water partition coefficient (Wildman–Crippen LogP) is 0.324. The fourth-order valence-electron chi connectivity index (χ4n) is 0.634.